The molecular formula is C12H21NO. The zero-order valence-electron chi connectivity index (χ0n) is 9.42. The van der Waals surface area contributed by atoms with Crippen LogP contribution >= 0.6 is 0 Å². The number of allylic oxidation sites excluding steroid dienone is 2. The summed E-state index contributed by atoms with van der Waals surface area (Å²) < 4.78 is 5.68. The van der Waals surface area contributed by atoms with Crippen LogP contribution in [-0.4, -0.2) is 25.8 Å². The molecule has 0 heterocycles. The van der Waals surface area contributed by atoms with Gasteiger partial charge in [0.15, 0.2) is 0 Å². The van der Waals surface area contributed by atoms with Gasteiger partial charge < -0.3 is 10.1 Å². The quantitative estimate of drug-likeness (QED) is 0.701. The maximum Gasteiger partial charge on any atom is 0.0607 e. The molecule has 2 heteroatoms. The van der Waals surface area contributed by atoms with Crippen molar-refractivity contribution >= 4 is 0 Å². The molecule has 14 heavy (non-hydrogen) atoms. The van der Waals surface area contributed by atoms with Crippen LogP contribution in [0.3, 0.4) is 0 Å². The molecule has 1 aliphatic carbocycles. The van der Waals surface area contributed by atoms with Gasteiger partial charge in [-0.05, 0) is 20.4 Å². The summed E-state index contributed by atoms with van der Waals surface area (Å²) in [7, 11) is 0. The normalized spacial score (nSPS) is 18.3. The number of ether oxygens (including phenoxy) is 1. The van der Waals surface area contributed by atoms with Crippen LogP contribution < -0.4 is 5.32 Å². The minimum absolute atomic E-state index is 0.0836. The highest BCUT2D eigenvalue weighted by atomic mass is 16.5. The smallest absolute Gasteiger partial charge is 0.0607 e. The third-order valence-corrected chi connectivity index (χ3v) is 2.36. The van der Waals surface area contributed by atoms with Gasteiger partial charge in [0, 0.05) is 12.0 Å². The molecule has 80 valence electrons. The first-order valence-corrected chi connectivity index (χ1v) is 5.38. The first-order valence-electron chi connectivity index (χ1n) is 5.38. The molecule has 2 nitrogen and oxygen atoms in total. The van der Waals surface area contributed by atoms with Gasteiger partial charge in [0.1, 0.15) is 0 Å². The van der Waals surface area contributed by atoms with Crippen molar-refractivity contribution in [2.24, 2.45) is 5.41 Å². The van der Waals surface area contributed by atoms with E-state index in [1.54, 1.807) is 0 Å². The molecule has 0 radical (unpaired) electrons. The minimum atomic E-state index is 0.0836. The number of hydrogen-bond donors (Lipinski definition) is 1. The van der Waals surface area contributed by atoms with Crippen molar-refractivity contribution in [2.45, 2.75) is 26.9 Å². The summed E-state index contributed by atoms with van der Waals surface area (Å²) in [6.45, 7) is 9.00. The zero-order valence-corrected chi connectivity index (χ0v) is 9.42. The fourth-order valence-corrected chi connectivity index (χ4v) is 1.49. The summed E-state index contributed by atoms with van der Waals surface area (Å²) in [5, 5.41) is 3.37. The molecule has 0 atom stereocenters. The van der Waals surface area contributed by atoms with Gasteiger partial charge in [-0.1, -0.05) is 31.2 Å². The fourth-order valence-electron chi connectivity index (χ4n) is 1.49. The van der Waals surface area contributed by atoms with E-state index < -0.39 is 0 Å². The van der Waals surface area contributed by atoms with Crippen molar-refractivity contribution in [2.75, 3.05) is 19.7 Å². The van der Waals surface area contributed by atoms with Gasteiger partial charge >= 0.3 is 0 Å². The molecule has 0 bridgehead atoms. The van der Waals surface area contributed by atoms with Gasteiger partial charge in [-0.2, -0.15) is 0 Å². The van der Waals surface area contributed by atoms with E-state index in [0.29, 0.717) is 6.10 Å². The molecule has 0 fully saturated rings. The van der Waals surface area contributed by atoms with E-state index in [-0.39, 0.29) is 5.41 Å². The van der Waals surface area contributed by atoms with Crippen LogP contribution in [0.2, 0.25) is 0 Å². The van der Waals surface area contributed by atoms with Crippen molar-refractivity contribution in [1.82, 2.24) is 5.32 Å². The Kier molecular flexibility index (Phi) is 4.36. The lowest BCUT2D eigenvalue weighted by atomic mass is 9.91. The van der Waals surface area contributed by atoms with Crippen molar-refractivity contribution < 1.29 is 4.74 Å². The van der Waals surface area contributed by atoms with Crippen LogP contribution in [-0.2, 0) is 4.74 Å². The Balaban J connectivity index is 2.46. The molecule has 0 aromatic rings. The molecule has 0 unspecified atom stereocenters. The van der Waals surface area contributed by atoms with Crippen LogP contribution in [0.15, 0.2) is 24.3 Å². The molecule has 0 saturated heterocycles. The standard InChI is InChI=1S/C12H21NO/c1-4-13-9-12(7-5-6-8-12)10-14-11(2)3/h5-8,11,13H,4,9-10H2,1-3H3. The summed E-state index contributed by atoms with van der Waals surface area (Å²) in [5.41, 5.74) is 0.0836. The van der Waals surface area contributed by atoms with Crippen LogP contribution in [0.1, 0.15) is 20.8 Å². The van der Waals surface area contributed by atoms with E-state index in [9.17, 15) is 0 Å². The molecule has 1 rings (SSSR count). The summed E-state index contributed by atoms with van der Waals surface area (Å²) in [5.74, 6) is 0. The van der Waals surface area contributed by atoms with Gasteiger partial charge in [-0.3, -0.25) is 0 Å². The Bertz CT molecular complexity index is 206. The van der Waals surface area contributed by atoms with E-state index in [2.05, 4.69) is 50.4 Å². The van der Waals surface area contributed by atoms with E-state index in [1.165, 1.54) is 0 Å². The van der Waals surface area contributed by atoms with E-state index in [1.807, 2.05) is 0 Å². The highest BCUT2D eigenvalue weighted by molar-refractivity contribution is 5.25. The molecule has 0 aromatic heterocycles. The average Bonchev–Trinajstić information content (AvgIpc) is 2.61. The topological polar surface area (TPSA) is 21.3 Å². The largest absolute Gasteiger partial charge is 0.378 e. The third kappa shape index (κ3) is 3.28. The summed E-state index contributed by atoms with van der Waals surface area (Å²) >= 11 is 0. The molecule has 0 spiro atoms. The minimum Gasteiger partial charge on any atom is -0.378 e. The summed E-state index contributed by atoms with van der Waals surface area (Å²) in [4.78, 5) is 0. The SMILES string of the molecule is CCNCC1(COC(C)C)C=CC=C1. The second kappa shape index (κ2) is 5.32. The molecule has 0 amide bonds. The van der Waals surface area contributed by atoms with E-state index >= 15 is 0 Å². The highest BCUT2D eigenvalue weighted by Crippen LogP contribution is 2.26. The number of nitrogens with one attached hydrogen (secondary N) is 1. The van der Waals surface area contributed by atoms with Gasteiger partial charge in [0.25, 0.3) is 0 Å². The molecule has 0 aromatic carbocycles. The van der Waals surface area contributed by atoms with Gasteiger partial charge in [0.2, 0.25) is 0 Å². The Hall–Kier alpha value is -0.600. The van der Waals surface area contributed by atoms with Crippen molar-refractivity contribution in [1.29, 1.82) is 0 Å². The number of hydrogen-bond acceptors (Lipinski definition) is 2. The maximum atomic E-state index is 5.68. The number of rotatable bonds is 6. The molecule has 0 aliphatic heterocycles. The van der Waals surface area contributed by atoms with Crippen molar-refractivity contribution in [3.8, 4) is 0 Å². The first-order chi connectivity index (χ1) is 6.68. The lowest BCUT2D eigenvalue weighted by Gasteiger charge is -2.26. The fraction of sp³-hybridized carbons (Fsp3) is 0.667. The summed E-state index contributed by atoms with van der Waals surface area (Å²) in [6.07, 6.45) is 8.94. The molecular weight excluding hydrogens is 174 g/mol. The Morgan fingerprint density at radius 3 is 2.43 bits per heavy atom. The van der Waals surface area contributed by atoms with Crippen LogP contribution in [0.5, 0.6) is 0 Å². The van der Waals surface area contributed by atoms with Crippen LogP contribution in [0.4, 0.5) is 0 Å². The predicted molar refractivity (Wildman–Crippen MR) is 60.3 cm³/mol. The third-order valence-electron chi connectivity index (χ3n) is 2.36. The Labute approximate surface area is 87.0 Å². The lowest BCUT2D eigenvalue weighted by Crippen LogP contribution is -2.35. The van der Waals surface area contributed by atoms with E-state index in [0.717, 1.165) is 19.7 Å². The molecule has 1 aliphatic rings. The zero-order chi connectivity index (χ0) is 10.4. The van der Waals surface area contributed by atoms with E-state index in [4.69, 9.17) is 4.74 Å². The van der Waals surface area contributed by atoms with Crippen LogP contribution in [0.25, 0.3) is 0 Å². The van der Waals surface area contributed by atoms with Crippen LogP contribution in [0, 0.1) is 5.41 Å². The van der Waals surface area contributed by atoms with Gasteiger partial charge in [-0.25, -0.2) is 0 Å². The average molecular weight is 195 g/mol. The maximum absolute atomic E-state index is 5.68. The molecule has 0 saturated carbocycles. The predicted octanol–water partition coefficient (Wildman–Crippen LogP) is 2.13. The second-order valence-electron chi connectivity index (χ2n) is 4.09. The second-order valence-corrected chi connectivity index (χ2v) is 4.09. The highest BCUT2D eigenvalue weighted by Gasteiger charge is 2.26. The Morgan fingerprint density at radius 1 is 1.29 bits per heavy atom. The Morgan fingerprint density at radius 2 is 1.93 bits per heavy atom. The van der Waals surface area contributed by atoms with Crippen molar-refractivity contribution in [3.05, 3.63) is 24.3 Å². The van der Waals surface area contributed by atoms with Gasteiger partial charge in [0.05, 0.1) is 12.7 Å². The first kappa shape index (κ1) is 11.5. The lowest BCUT2D eigenvalue weighted by molar-refractivity contribution is 0.0422. The monoisotopic (exact) mass is 195 g/mol. The van der Waals surface area contributed by atoms with Gasteiger partial charge in [-0.15, -0.1) is 0 Å². The summed E-state index contributed by atoms with van der Waals surface area (Å²) in [6, 6.07) is 0. The molecule has 1 N–H and O–H groups in total. The van der Waals surface area contributed by atoms with Crippen molar-refractivity contribution in [3.63, 3.8) is 0 Å².